The monoisotopic (exact) mass is 463 g/mol. The first-order chi connectivity index (χ1) is 16.5. The fourth-order valence-electron chi connectivity index (χ4n) is 3.61. The maximum absolute atomic E-state index is 12.4. The molecule has 13 heteroatoms. The number of pyridine rings is 1. The van der Waals surface area contributed by atoms with Gasteiger partial charge in [-0.05, 0) is 18.2 Å². The second-order valence-corrected chi connectivity index (χ2v) is 7.73. The number of aliphatic hydroxyl groups is 1. The molecule has 1 atom stereocenters. The third-order valence-corrected chi connectivity index (χ3v) is 5.38. The minimum Gasteiger partial charge on any atom is -0.374 e. The summed E-state index contributed by atoms with van der Waals surface area (Å²) in [5.74, 6) is 0.712. The zero-order valence-electron chi connectivity index (χ0n) is 18.4. The van der Waals surface area contributed by atoms with Gasteiger partial charge in [0, 0.05) is 39.4 Å². The van der Waals surface area contributed by atoms with Gasteiger partial charge in [0.1, 0.15) is 11.4 Å². The van der Waals surface area contributed by atoms with E-state index in [1.807, 2.05) is 0 Å². The number of ether oxygens (including phenoxy) is 1. The van der Waals surface area contributed by atoms with Crippen molar-refractivity contribution >= 4 is 17.7 Å². The van der Waals surface area contributed by atoms with Crippen molar-refractivity contribution in [2.75, 3.05) is 26.0 Å². The van der Waals surface area contributed by atoms with Gasteiger partial charge in [-0.1, -0.05) is 11.2 Å². The predicted octanol–water partition coefficient (Wildman–Crippen LogP) is 1.18. The van der Waals surface area contributed by atoms with Gasteiger partial charge in [0.25, 0.3) is 5.91 Å². The lowest BCUT2D eigenvalue weighted by molar-refractivity contribution is -0.143. The van der Waals surface area contributed by atoms with Gasteiger partial charge in [0.15, 0.2) is 23.9 Å². The van der Waals surface area contributed by atoms with Crippen LogP contribution in [-0.2, 0) is 21.9 Å². The Labute approximate surface area is 193 Å². The summed E-state index contributed by atoms with van der Waals surface area (Å²) in [6.45, 7) is 0.670. The molecular formula is C21H21N9O4. The second kappa shape index (κ2) is 8.61. The summed E-state index contributed by atoms with van der Waals surface area (Å²) in [5.41, 5.74) is 0.0918. The van der Waals surface area contributed by atoms with Crippen molar-refractivity contribution in [3.05, 3.63) is 48.4 Å². The van der Waals surface area contributed by atoms with E-state index in [2.05, 4.69) is 35.6 Å². The summed E-state index contributed by atoms with van der Waals surface area (Å²) in [6, 6.07) is 8.61. The number of rotatable bonds is 7. The predicted molar refractivity (Wildman–Crippen MR) is 117 cm³/mol. The van der Waals surface area contributed by atoms with Crippen LogP contribution in [0.4, 0.5) is 11.8 Å². The van der Waals surface area contributed by atoms with E-state index in [0.717, 1.165) is 0 Å². The van der Waals surface area contributed by atoms with Crippen LogP contribution in [-0.4, -0.2) is 71.7 Å². The van der Waals surface area contributed by atoms with Crippen LogP contribution in [0.3, 0.4) is 0 Å². The van der Waals surface area contributed by atoms with E-state index in [1.54, 1.807) is 50.7 Å². The Kier molecular flexibility index (Phi) is 5.47. The Morgan fingerprint density at radius 1 is 1.24 bits per heavy atom. The van der Waals surface area contributed by atoms with Gasteiger partial charge < -0.3 is 24.6 Å². The highest BCUT2D eigenvalue weighted by Crippen LogP contribution is 2.34. The number of anilines is 2. The molecule has 0 aromatic carbocycles. The van der Waals surface area contributed by atoms with Crippen LogP contribution in [0, 0.1) is 0 Å². The summed E-state index contributed by atoms with van der Waals surface area (Å²) in [6.07, 6.45) is 3.39. The molecule has 13 nitrogen and oxygen atoms in total. The second-order valence-electron chi connectivity index (χ2n) is 7.73. The molecule has 2 N–H and O–H groups in total. The van der Waals surface area contributed by atoms with Gasteiger partial charge in [0.05, 0.1) is 17.6 Å². The molecule has 4 aromatic rings. The third kappa shape index (κ3) is 3.97. The van der Waals surface area contributed by atoms with E-state index >= 15 is 0 Å². The standard InChI is InChI=1S/C21H21N9O4/c1-29-9-7-21(32,19(29)31)17-10-16(34-28-17)15-5-3-4-13(24-15)14-6-8-22-20(25-14)26-18-11-23-30(27-18)12-33-2/h3-6,8,10-11,32H,7,9,12H2,1-2H3,(H,22,25,26,27)/t21-/m1/s1. The molecule has 1 fully saturated rings. The molecule has 174 valence electrons. The van der Waals surface area contributed by atoms with E-state index in [4.69, 9.17) is 9.26 Å². The van der Waals surface area contributed by atoms with Crippen LogP contribution < -0.4 is 5.32 Å². The lowest BCUT2D eigenvalue weighted by Gasteiger charge is -2.16. The highest BCUT2D eigenvalue weighted by molar-refractivity contribution is 5.88. The molecule has 4 aromatic heterocycles. The average molecular weight is 463 g/mol. The minimum absolute atomic E-state index is 0.166. The molecule has 1 aliphatic rings. The van der Waals surface area contributed by atoms with Crippen molar-refractivity contribution in [2.45, 2.75) is 18.8 Å². The summed E-state index contributed by atoms with van der Waals surface area (Å²) in [7, 11) is 3.19. The number of carbonyl (C=O) groups excluding carboxylic acids is 1. The Balaban J connectivity index is 1.38. The Morgan fingerprint density at radius 3 is 2.85 bits per heavy atom. The Hall–Kier alpha value is -4.23. The van der Waals surface area contributed by atoms with Gasteiger partial charge in [-0.2, -0.15) is 9.90 Å². The maximum atomic E-state index is 12.4. The lowest BCUT2D eigenvalue weighted by atomic mass is 9.97. The molecule has 5 rings (SSSR count). The highest BCUT2D eigenvalue weighted by atomic mass is 16.5. The fraction of sp³-hybridized carbons (Fsp3) is 0.286. The van der Waals surface area contributed by atoms with E-state index < -0.39 is 11.5 Å². The largest absolute Gasteiger partial charge is 0.374 e. The molecule has 0 unspecified atom stereocenters. The van der Waals surface area contributed by atoms with Crippen molar-refractivity contribution < 1.29 is 19.2 Å². The molecule has 5 heterocycles. The van der Waals surface area contributed by atoms with Gasteiger partial charge in [-0.3, -0.25) is 4.79 Å². The number of amides is 1. The first-order valence-corrected chi connectivity index (χ1v) is 10.4. The number of methoxy groups -OCH3 is 1. The lowest BCUT2D eigenvalue weighted by Crippen LogP contribution is -2.36. The number of carbonyl (C=O) groups is 1. The number of hydrogen-bond donors (Lipinski definition) is 2. The number of likely N-dealkylation sites (tertiary alicyclic amines) is 1. The van der Waals surface area contributed by atoms with E-state index in [-0.39, 0.29) is 18.8 Å². The SMILES string of the molecule is COCn1ncc(Nc2nccc(-c3cccc(-c4cc([C@]5(O)CCN(C)C5=O)no4)n3)n2)n1. The molecule has 1 aliphatic heterocycles. The zero-order chi connectivity index (χ0) is 23.7. The van der Waals surface area contributed by atoms with Crippen molar-refractivity contribution in [1.29, 1.82) is 0 Å². The number of hydrogen-bond acceptors (Lipinski definition) is 11. The molecule has 0 saturated carbocycles. The zero-order valence-corrected chi connectivity index (χ0v) is 18.4. The van der Waals surface area contributed by atoms with Crippen LogP contribution in [0.25, 0.3) is 22.8 Å². The van der Waals surface area contributed by atoms with Crippen molar-refractivity contribution in [2.24, 2.45) is 0 Å². The molecule has 1 amide bonds. The van der Waals surface area contributed by atoms with Crippen LogP contribution in [0.5, 0.6) is 0 Å². The molecule has 0 aliphatic carbocycles. The normalized spacial score (nSPS) is 18.0. The molecule has 1 saturated heterocycles. The van der Waals surface area contributed by atoms with Crippen molar-refractivity contribution in [3.63, 3.8) is 0 Å². The van der Waals surface area contributed by atoms with Gasteiger partial charge >= 0.3 is 0 Å². The summed E-state index contributed by atoms with van der Waals surface area (Å²) < 4.78 is 10.4. The molecule has 0 spiro atoms. The van der Waals surface area contributed by atoms with Gasteiger partial charge in [0.2, 0.25) is 5.95 Å². The number of nitrogens with one attached hydrogen (secondary N) is 1. The van der Waals surface area contributed by atoms with E-state index in [9.17, 15) is 9.90 Å². The topological polar surface area (TPSA) is 157 Å². The summed E-state index contributed by atoms with van der Waals surface area (Å²) in [4.78, 5) is 28.5. The van der Waals surface area contributed by atoms with Crippen LogP contribution >= 0.6 is 0 Å². The molecule has 0 radical (unpaired) electrons. The summed E-state index contributed by atoms with van der Waals surface area (Å²) in [5, 5.41) is 26.0. The minimum atomic E-state index is -1.69. The quantitative estimate of drug-likeness (QED) is 0.405. The van der Waals surface area contributed by atoms with Gasteiger partial charge in [-0.25, -0.2) is 15.0 Å². The molecular weight excluding hydrogens is 442 g/mol. The number of likely N-dealkylation sites (N-methyl/N-ethyl adjacent to an activating group) is 1. The van der Waals surface area contributed by atoms with Crippen LogP contribution in [0.15, 0.2) is 47.2 Å². The average Bonchev–Trinajstić information content (AvgIpc) is 3.58. The van der Waals surface area contributed by atoms with Crippen LogP contribution in [0.1, 0.15) is 12.1 Å². The van der Waals surface area contributed by atoms with Crippen molar-refractivity contribution in [1.82, 2.24) is 40.0 Å². The molecule has 34 heavy (non-hydrogen) atoms. The van der Waals surface area contributed by atoms with Crippen LogP contribution in [0.2, 0.25) is 0 Å². The highest BCUT2D eigenvalue weighted by Gasteiger charge is 2.47. The first kappa shape index (κ1) is 21.6. The third-order valence-electron chi connectivity index (χ3n) is 5.38. The maximum Gasteiger partial charge on any atom is 0.260 e. The van der Waals surface area contributed by atoms with Gasteiger partial charge in [-0.15, -0.1) is 5.10 Å². The molecule has 0 bridgehead atoms. The Morgan fingerprint density at radius 2 is 2.06 bits per heavy atom. The van der Waals surface area contributed by atoms with Crippen molar-refractivity contribution in [3.8, 4) is 22.8 Å². The fourth-order valence-corrected chi connectivity index (χ4v) is 3.61. The summed E-state index contributed by atoms with van der Waals surface area (Å²) >= 11 is 0. The first-order valence-electron chi connectivity index (χ1n) is 10.4. The number of nitrogens with zero attached hydrogens (tertiary/aromatic N) is 8. The van der Waals surface area contributed by atoms with E-state index in [1.165, 1.54) is 15.9 Å². The smallest absolute Gasteiger partial charge is 0.260 e. The Bertz CT molecular complexity index is 1340. The number of aromatic nitrogens is 7. The van der Waals surface area contributed by atoms with E-state index in [0.29, 0.717) is 41.2 Å².